The van der Waals surface area contributed by atoms with Crippen molar-refractivity contribution in [3.63, 3.8) is 0 Å². The van der Waals surface area contributed by atoms with Gasteiger partial charge in [-0.15, -0.1) is 11.3 Å². The molecule has 0 saturated carbocycles. The molecule has 0 fully saturated rings. The number of nitrogens with zero attached hydrogens (tertiary/aromatic N) is 2. The number of hydrogen-bond acceptors (Lipinski definition) is 3. The van der Waals surface area contributed by atoms with Crippen LogP contribution in [0.1, 0.15) is 48.8 Å². The largest absolute Gasteiger partial charge is 0.294 e. The summed E-state index contributed by atoms with van der Waals surface area (Å²) in [6, 6.07) is 4.24. The van der Waals surface area contributed by atoms with Gasteiger partial charge in [0.2, 0.25) is 0 Å². The van der Waals surface area contributed by atoms with E-state index in [9.17, 15) is 4.79 Å². The first-order valence-electron chi connectivity index (χ1n) is 6.45. The lowest BCUT2D eigenvalue weighted by Gasteiger charge is -2.12. The van der Waals surface area contributed by atoms with Crippen molar-refractivity contribution in [3.8, 4) is 0 Å². The van der Waals surface area contributed by atoms with Gasteiger partial charge in [0.15, 0.2) is 5.78 Å². The van der Waals surface area contributed by atoms with Gasteiger partial charge in [-0.3, -0.25) is 9.48 Å². The first-order chi connectivity index (χ1) is 9.13. The van der Waals surface area contributed by atoms with Gasteiger partial charge in [0.25, 0.3) is 0 Å². The van der Waals surface area contributed by atoms with Crippen LogP contribution in [0.25, 0.3) is 0 Å². The molecule has 0 aromatic carbocycles. The smallest absolute Gasteiger partial charge is 0.169 e. The normalized spacial score (nSPS) is 11.2. The van der Waals surface area contributed by atoms with Crippen LogP contribution >= 0.6 is 27.3 Å². The number of thiophene rings is 1. The number of ketones is 1. The molecule has 2 rings (SSSR count). The summed E-state index contributed by atoms with van der Waals surface area (Å²) in [6.45, 7) is 4.31. The highest BCUT2D eigenvalue weighted by molar-refractivity contribution is 9.11. The summed E-state index contributed by atoms with van der Waals surface area (Å²) in [5.41, 5.74) is 1.60. The van der Waals surface area contributed by atoms with Gasteiger partial charge >= 0.3 is 0 Å². The Bertz CT molecular complexity index is 557. The van der Waals surface area contributed by atoms with Crippen molar-refractivity contribution in [2.75, 3.05) is 0 Å². The molecule has 0 bridgehead atoms. The Balaban J connectivity index is 2.06. The van der Waals surface area contributed by atoms with Gasteiger partial charge in [0.1, 0.15) is 0 Å². The van der Waals surface area contributed by atoms with Crippen molar-refractivity contribution >= 4 is 33.0 Å². The molecule has 0 aliphatic heterocycles. The quantitative estimate of drug-likeness (QED) is 0.726. The summed E-state index contributed by atoms with van der Waals surface area (Å²) in [6.07, 6.45) is 4.46. The highest BCUT2D eigenvalue weighted by Gasteiger charge is 2.13. The molecular weight excluding hydrogens is 324 g/mol. The zero-order valence-corrected chi connectivity index (χ0v) is 13.5. The van der Waals surface area contributed by atoms with E-state index in [1.165, 1.54) is 11.3 Å². The molecule has 0 radical (unpaired) electrons. The second-order valence-electron chi connectivity index (χ2n) is 4.50. The predicted molar refractivity (Wildman–Crippen MR) is 81.9 cm³/mol. The Morgan fingerprint density at radius 3 is 2.79 bits per heavy atom. The molecule has 0 unspecified atom stereocenters. The summed E-state index contributed by atoms with van der Waals surface area (Å²) < 4.78 is 2.96. The summed E-state index contributed by atoms with van der Waals surface area (Å²) in [5.74, 6) is 0.122. The van der Waals surface area contributed by atoms with Gasteiger partial charge in [-0.1, -0.05) is 13.8 Å². The molecule has 0 N–H and O–H groups in total. The van der Waals surface area contributed by atoms with Crippen molar-refractivity contribution in [3.05, 3.63) is 38.8 Å². The topological polar surface area (TPSA) is 34.9 Å². The third kappa shape index (κ3) is 3.54. The number of rotatable bonds is 6. The molecule has 0 spiro atoms. The maximum atomic E-state index is 12.1. The molecule has 19 heavy (non-hydrogen) atoms. The molecule has 102 valence electrons. The van der Waals surface area contributed by atoms with Crippen LogP contribution in [-0.2, 0) is 6.42 Å². The van der Waals surface area contributed by atoms with Gasteiger partial charge in [-0.05, 0) is 40.9 Å². The van der Waals surface area contributed by atoms with Crippen LogP contribution in [0, 0.1) is 0 Å². The lowest BCUT2D eigenvalue weighted by atomic mass is 10.1. The zero-order valence-electron chi connectivity index (χ0n) is 11.1. The highest BCUT2D eigenvalue weighted by Crippen LogP contribution is 2.22. The zero-order chi connectivity index (χ0) is 13.8. The Morgan fingerprint density at radius 2 is 2.21 bits per heavy atom. The lowest BCUT2D eigenvalue weighted by molar-refractivity contribution is 0.0992. The first kappa shape index (κ1) is 14.5. The van der Waals surface area contributed by atoms with E-state index in [0.29, 0.717) is 12.5 Å². The minimum absolute atomic E-state index is 0.122. The van der Waals surface area contributed by atoms with Gasteiger partial charge in [-0.2, -0.15) is 5.10 Å². The minimum atomic E-state index is 0.122. The van der Waals surface area contributed by atoms with Gasteiger partial charge < -0.3 is 0 Å². The molecule has 2 aromatic heterocycles. The summed E-state index contributed by atoms with van der Waals surface area (Å²) in [7, 11) is 0. The van der Waals surface area contributed by atoms with Crippen molar-refractivity contribution in [1.82, 2.24) is 9.78 Å². The fourth-order valence-corrected chi connectivity index (χ4v) is 3.22. The van der Waals surface area contributed by atoms with Crippen molar-refractivity contribution in [2.24, 2.45) is 0 Å². The molecule has 0 aliphatic carbocycles. The van der Waals surface area contributed by atoms with E-state index in [-0.39, 0.29) is 5.78 Å². The Hall–Kier alpha value is -0.940. The predicted octanol–water partition coefficient (Wildman–Crippen LogP) is 4.49. The lowest BCUT2D eigenvalue weighted by Crippen LogP contribution is -2.09. The van der Waals surface area contributed by atoms with E-state index in [2.05, 4.69) is 34.9 Å². The van der Waals surface area contributed by atoms with Crippen molar-refractivity contribution in [2.45, 2.75) is 39.2 Å². The maximum absolute atomic E-state index is 12.1. The second kappa shape index (κ2) is 6.48. The first-order valence-corrected chi connectivity index (χ1v) is 8.12. The van der Waals surface area contributed by atoms with Crippen LogP contribution in [0.2, 0.25) is 0 Å². The average Bonchev–Trinajstić information content (AvgIpc) is 3.00. The van der Waals surface area contributed by atoms with E-state index >= 15 is 0 Å². The maximum Gasteiger partial charge on any atom is 0.169 e. The number of halogens is 1. The minimum Gasteiger partial charge on any atom is -0.294 e. The standard InChI is InChI=1S/C14H17BrN2OS/c1-3-12(4-2)17-6-5-11(16-17)8-13(18)10-7-14(15)19-9-10/h5-7,9,12H,3-4,8H2,1-2H3. The second-order valence-corrected chi connectivity index (χ2v) is 6.79. The van der Waals surface area contributed by atoms with E-state index < -0.39 is 0 Å². The van der Waals surface area contributed by atoms with E-state index in [1.54, 1.807) is 0 Å². The highest BCUT2D eigenvalue weighted by atomic mass is 79.9. The summed E-state index contributed by atoms with van der Waals surface area (Å²) >= 11 is 4.91. The van der Waals surface area contributed by atoms with Crippen LogP contribution in [0.4, 0.5) is 0 Å². The molecule has 0 amide bonds. The Morgan fingerprint density at radius 1 is 1.47 bits per heavy atom. The summed E-state index contributed by atoms with van der Waals surface area (Å²) in [4.78, 5) is 12.1. The number of hydrogen-bond donors (Lipinski definition) is 0. The fourth-order valence-electron chi connectivity index (χ4n) is 2.06. The SMILES string of the molecule is CCC(CC)n1ccc(CC(=O)c2csc(Br)c2)n1. The third-order valence-corrected chi connectivity index (χ3v) is 4.72. The molecule has 5 heteroatoms. The van der Waals surface area contributed by atoms with Crippen LogP contribution in [0.5, 0.6) is 0 Å². The van der Waals surface area contributed by atoms with Crippen molar-refractivity contribution in [1.29, 1.82) is 0 Å². The van der Waals surface area contributed by atoms with Gasteiger partial charge in [-0.25, -0.2) is 0 Å². The van der Waals surface area contributed by atoms with E-state index in [1.807, 2.05) is 28.4 Å². The fraction of sp³-hybridized carbons (Fsp3) is 0.429. The Kier molecular flexibility index (Phi) is 4.93. The third-order valence-electron chi connectivity index (χ3n) is 3.21. The Labute approximate surface area is 125 Å². The molecule has 2 aromatic rings. The van der Waals surface area contributed by atoms with E-state index in [4.69, 9.17) is 0 Å². The van der Waals surface area contributed by atoms with E-state index in [0.717, 1.165) is 27.9 Å². The average molecular weight is 341 g/mol. The molecule has 3 nitrogen and oxygen atoms in total. The van der Waals surface area contributed by atoms with Crippen LogP contribution in [0.3, 0.4) is 0 Å². The molecular formula is C14H17BrN2OS. The van der Waals surface area contributed by atoms with Gasteiger partial charge in [0, 0.05) is 17.1 Å². The number of carbonyl (C=O) groups excluding carboxylic acids is 1. The van der Waals surface area contributed by atoms with Crippen molar-refractivity contribution < 1.29 is 4.79 Å². The van der Waals surface area contributed by atoms with Crippen LogP contribution in [-0.4, -0.2) is 15.6 Å². The summed E-state index contributed by atoms with van der Waals surface area (Å²) in [5, 5.41) is 6.39. The number of aromatic nitrogens is 2. The monoisotopic (exact) mass is 340 g/mol. The van der Waals surface area contributed by atoms with Gasteiger partial charge in [0.05, 0.1) is 21.9 Å². The molecule has 0 saturated heterocycles. The molecule has 2 heterocycles. The molecule has 0 aliphatic rings. The number of Topliss-reactive ketones (excluding diaryl/α,β-unsaturated/α-hetero) is 1. The van der Waals surface area contributed by atoms with Crippen LogP contribution in [0.15, 0.2) is 27.5 Å². The number of carbonyl (C=O) groups is 1. The molecule has 0 atom stereocenters. The van der Waals surface area contributed by atoms with Crippen LogP contribution < -0.4 is 0 Å².